The van der Waals surface area contributed by atoms with Crippen LogP contribution in [0.15, 0.2) is 66.7 Å². The summed E-state index contributed by atoms with van der Waals surface area (Å²) in [6.45, 7) is 2.72. The Hall–Kier alpha value is -3.84. The van der Waals surface area contributed by atoms with Crippen molar-refractivity contribution in [3.05, 3.63) is 83.4 Å². The molecule has 0 spiro atoms. The number of para-hydroxylation sites is 1. The summed E-state index contributed by atoms with van der Waals surface area (Å²) in [7, 11) is 0. The fourth-order valence-corrected chi connectivity index (χ4v) is 4.73. The quantitative estimate of drug-likeness (QED) is 0.573. The van der Waals surface area contributed by atoms with E-state index in [1.807, 2.05) is 12.1 Å². The first-order valence-electron chi connectivity index (χ1n) is 11.0. The van der Waals surface area contributed by atoms with Gasteiger partial charge in [0.25, 0.3) is 0 Å². The van der Waals surface area contributed by atoms with Crippen LogP contribution in [-0.4, -0.2) is 46.2 Å². The molecule has 0 bridgehead atoms. The van der Waals surface area contributed by atoms with Crippen LogP contribution in [0.5, 0.6) is 11.5 Å². The van der Waals surface area contributed by atoms with Gasteiger partial charge in [-0.2, -0.15) is 0 Å². The topological polar surface area (TPSA) is 90.3 Å². The summed E-state index contributed by atoms with van der Waals surface area (Å²) >= 11 is 0. The maximum absolute atomic E-state index is 11.9. The summed E-state index contributed by atoms with van der Waals surface area (Å²) in [6, 6.07) is 20.4. The first-order chi connectivity index (χ1) is 16.0. The Balaban J connectivity index is 1.47. The van der Waals surface area contributed by atoms with Gasteiger partial charge in [-0.3, -0.25) is 4.90 Å². The van der Waals surface area contributed by atoms with Crippen LogP contribution in [0.2, 0.25) is 0 Å². The lowest BCUT2D eigenvalue weighted by Gasteiger charge is -2.42. The SMILES string of the molecule is O=C(O)c1ccc2c(c1)Oc1c(C(=O)O)cccc1N2C1CCN(Cc2ccccc2)CC1. The second-order valence-corrected chi connectivity index (χ2v) is 8.41. The summed E-state index contributed by atoms with van der Waals surface area (Å²) in [5.41, 5.74) is 2.90. The maximum Gasteiger partial charge on any atom is 0.339 e. The van der Waals surface area contributed by atoms with Crippen molar-refractivity contribution in [2.24, 2.45) is 0 Å². The van der Waals surface area contributed by atoms with Gasteiger partial charge < -0.3 is 19.8 Å². The van der Waals surface area contributed by atoms with Gasteiger partial charge in [0.2, 0.25) is 0 Å². The normalized spacial score (nSPS) is 15.9. The molecule has 0 aromatic heterocycles. The zero-order chi connectivity index (χ0) is 22.9. The maximum atomic E-state index is 11.9. The van der Waals surface area contributed by atoms with Crippen LogP contribution in [0, 0.1) is 0 Å². The number of hydrogen-bond donors (Lipinski definition) is 2. The highest BCUT2D eigenvalue weighted by molar-refractivity contribution is 5.96. The Morgan fingerprint density at radius 1 is 0.879 bits per heavy atom. The van der Waals surface area contributed by atoms with Gasteiger partial charge in [0.1, 0.15) is 5.56 Å². The van der Waals surface area contributed by atoms with Gasteiger partial charge >= 0.3 is 11.9 Å². The second-order valence-electron chi connectivity index (χ2n) is 8.41. The molecular formula is C26H24N2O5. The summed E-state index contributed by atoms with van der Waals surface area (Å²) in [4.78, 5) is 27.9. The summed E-state index contributed by atoms with van der Waals surface area (Å²) < 4.78 is 5.99. The third kappa shape index (κ3) is 4.03. The van der Waals surface area contributed by atoms with Crippen LogP contribution in [0.3, 0.4) is 0 Å². The van der Waals surface area contributed by atoms with Crippen molar-refractivity contribution in [2.75, 3.05) is 18.0 Å². The van der Waals surface area contributed by atoms with Gasteiger partial charge in [0, 0.05) is 25.7 Å². The number of ether oxygens (including phenoxy) is 1. The molecule has 168 valence electrons. The minimum Gasteiger partial charge on any atom is -0.478 e. The van der Waals surface area contributed by atoms with E-state index in [4.69, 9.17) is 4.74 Å². The molecule has 0 amide bonds. The molecule has 0 unspecified atom stereocenters. The average molecular weight is 444 g/mol. The summed E-state index contributed by atoms with van der Waals surface area (Å²) in [5, 5.41) is 19.1. The van der Waals surface area contributed by atoms with Crippen molar-refractivity contribution >= 4 is 23.3 Å². The Labute approximate surface area is 191 Å². The lowest BCUT2D eigenvalue weighted by atomic mass is 9.98. The molecule has 2 N–H and O–H groups in total. The Bertz CT molecular complexity index is 1200. The van der Waals surface area contributed by atoms with E-state index >= 15 is 0 Å². The highest BCUT2D eigenvalue weighted by Crippen LogP contribution is 2.50. The fourth-order valence-electron chi connectivity index (χ4n) is 4.73. The number of fused-ring (bicyclic) bond motifs is 2. The minimum atomic E-state index is -1.08. The number of carboxylic acids is 2. The van der Waals surface area contributed by atoms with E-state index in [9.17, 15) is 19.8 Å². The molecule has 0 radical (unpaired) electrons. The van der Waals surface area contributed by atoms with Gasteiger partial charge in [0.15, 0.2) is 11.5 Å². The third-order valence-corrected chi connectivity index (χ3v) is 6.33. The summed E-state index contributed by atoms with van der Waals surface area (Å²) in [5.74, 6) is -1.52. The van der Waals surface area contributed by atoms with Crippen LogP contribution in [0.4, 0.5) is 11.4 Å². The van der Waals surface area contributed by atoms with Crippen LogP contribution >= 0.6 is 0 Å². The van der Waals surface area contributed by atoms with Crippen molar-refractivity contribution in [3.63, 3.8) is 0 Å². The van der Waals surface area contributed by atoms with E-state index in [0.717, 1.165) is 38.2 Å². The Morgan fingerprint density at radius 2 is 1.64 bits per heavy atom. The monoisotopic (exact) mass is 444 g/mol. The molecular weight excluding hydrogens is 420 g/mol. The van der Waals surface area contributed by atoms with Crippen LogP contribution in [-0.2, 0) is 6.54 Å². The van der Waals surface area contributed by atoms with E-state index in [1.54, 1.807) is 18.2 Å². The molecule has 33 heavy (non-hydrogen) atoms. The molecule has 0 saturated carbocycles. The molecule has 3 aromatic rings. The van der Waals surface area contributed by atoms with E-state index in [-0.39, 0.29) is 22.9 Å². The minimum absolute atomic E-state index is 0.0605. The van der Waals surface area contributed by atoms with Crippen LogP contribution in [0.1, 0.15) is 39.1 Å². The molecule has 2 aliphatic heterocycles. The zero-order valence-electron chi connectivity index (χ0n) is 18.0. The van der Waals surface area contributed by atoms with Crippen molar-refractivity contribution < 1.29 is 24.5 Å². The number of nitrogens with zero attached hydrogens (tertiary/aromatic N) is 2. The first kappa shape index (κ1) is 21.0. The lowest BCUT2D eigenvalue weighted by molar-refractivity contribution is 0.0683. The number of benzene rings is 3. The predicted octanol–water partition coefficient (Wildman–Crippen LogP) is 4.99. The van der Waals surface area contributed by atoms with Crippen molar-refractivity contribution in [2.45, 2.75) is 25.4 Å². The number of hydrogen-bond acceptors (Lipinski definition) is 5. The lowest BCUT2D eigenvalue weighted by Crippen LogP contribution is -2.43. The van der Waals surface area contributed by atoms with Crippen LogP contribution in [0.25, 0.3) is 0 Å². The van der Waals surface area contributed by atoms with E-state index in [2.05, 4.69) is 34.1 Å². The number of rotatable bonds is 5. The second kappa shape index (κ2) is 8.60. The molecule has 7 nitrogen and oxygen atoms in total. The van der Waals surface area contributed by atoms with E-state index in [1.165, 1.54) is 17.7 Å². The number of piperidine rings is 1. The Morgan fingerprint density at radius 3 is 2.33 bits per heavy atom. The van der Waals surface area contributed by atoms with Gasteiger partial charge in [-0.15, -0.1) is 0 Å². The van der Waals surface area contributed by atoms with Crippen molar-refractivity contribution in [1.82, 2.24) is 4.90 Å². The molecule has 7 heteroatoms. The average Bonchev–Trinajstić information content (AvgIpc) is 2.83. The Kier molecular flexibility index (Phi) is 5.48. The molecule has 2 heterocycles. The zero-order valence-corrected chi connectivity index (χ0v) is 18.0. The van der Waals surface area contributed by atoms with Crippen molar-refractivity contribution in [3.8, 4) is 11.5 Å². The number of likely N-dealkylation sites (tertiary alicyclic amines) is 1. The molecule has 2 aliphatic rings. The third-order valence-electron chi connectivity index (χ3n) is 6.33. The highest BCUT2D eigenvalue weighted by atomic mass is 16.5. The molecule has 0 atom stereocenters. The molecule has 0 aliphatic carbocycles. The predicted molar refractivity (Wildman–Crippen MR) is 124 cm³/mol. The number of carboxylic acid groups (broad SMARTS) is 2. The highest BCUT2D eigenvalue weighted by Gasteiger charge is 2.34. The van der Waals surface area contributed by atoms with Gasteiger partial charge in [-0.1, -0.05) is 36.4 Å². The molecule has 3 aromatic carbocycles. The van der Waals surface area contributed by atoms with Gasteiger partial charge in [0.05, 0.1) is 16.9 Å². The molecule has 1 fully saturated rings. The smallest absolute Gasteiger partial charge is 0.339 e. The van der Waals surface area contributed by atoms with E-state index in [0.29, 0.717) is 11.4 Å². The van der Waals surface area contributed by atoms with Crippen LogP contribution < -0.4 is 9.64 Å². The first-order valence-corrected chi connectivity index (χ1v) is 11.0. The fraction of sp³-hybridized carbons (Fsp3) is 0.231. The number of anilines is 2. The van der Waals surface area contributed by atoms with Gasteiger partial charge in [-0.25, -0.2) is 9.59 Å². The molecule has 5 rings (SSSR count). The van der Waals surface area contributed by atoms with E-state index < -0.39 is 11.9 Å². The standard InChI is InChI=1S/C26H24N2O5/c29-25(30)18-9-10-21-23(15-18)33-24-20(26(31)32)7-4-8-22(24)28(21)19-11-13-27(14-12-19)16-17-5-2-1-3-6-17/h1-10,15,19H,11-14,16H2,(H,29,30)(H,31,32). The number of aromatic carboxylic acids is 2. The summed E-state index contributed by atoms with van der Waals surface area (Å²) in [6.07, 6.45) is 1.79. The van der Waals surface area contributed by atoms with Gasteiger partial charge in [-0.05, 0) is 48.7 Å². The number of carbonyl (C=O) groups is 2. The molecule has 1 saturated heterocycles. The largest absolute Gasteiger partial charge is 0.478 e. The van der Waals surface area contributed by atoms with Crippen molar-refractivity contribution in [1.29, 1.82) is 0 Å².